The summed E-state index contributed by atoms with van der Waals surface area (Å²) in [6.07, 6.45) is 0. The lowest BCUT2D eigenvalue weighted by molar-refractivity contribution is -0.384. The van der Waals surface area contributed by atoms with E-state index in [1.807, 2.05) is 17.0 Å². The Morgan fingerprint density at radius 3 is 2.11 bits per heavy atom. The van der Waals surface area contributed by atoms with Gasteiger partial charge in [0.15, 0.2) is 0 Å². The van der Waals surface area contributed by atoms with Gasteiger partial charge in [-0.25, -0.2) is 8.42 Å². The molecule has 3 rings (SSSR count). The third-order valence-electron chi connectivity index (χ3n) is 4.84. The fraction of sp³-hybridized carbons (Fsp3) is 0.368. The van der Waals surface area contributed by atoms with Gasteiger partial charge in [0.2, 0.25) is 10.0 Å². The highest BCUT2D eigenvalue weighted by Crippen LogP contribution is 2.29. The molecule has 1 aliphatic heterocycles. The summed E-state index contributed by atoms with van der Waals surface area (Å²) < 4.78 is 27.2. The Kier molecular flexibility index (Phi) is 5.48. The summed E-state index contributed by atoms with van der Waals surface area (Å²) in [6.45, 7) is 5.53. The molecule has 2 aromatic carbocycles. The van der Waals surface area contributed by atoms with Gasteiger partial charge in [-0.3, -0.25) is 10.1 Å². The molecule has 2 aromatic rings. The summed E-state index contributed by atoms with van der Waals surface area (Å²) in [7, 11) is -3.56. The Bertz CT molecular complexity index is 918. The van der Waals surface area contributed by atoms with Crippen molar-refractivity contribution in [1.82, 2.24) is 4.31 Å². The topological polar surface area (TPSA) is 83.8 Å². The summed E-state index contributed by atoms with van der Waals surface area (Å²) in [6, 6.07) is 13.5. The first-order valence-corrected chi connectivity index (χ1v) is 10.3. The fourth-order valence-electron chi connectivity index (χ4n) is 3.23. The predicted octanol–water partition coefficient (Wildman–Crippen LogP) is 3.23. The van der Waals surface area contributed by atoms with Gasteiger partial charge in [-0.05, 0) is 29.7 Å². The quantitative estimate of drug-likeness (QED) is 0.579. The molecule has 0 unspecified atom stereocenters. The Hall–Kier alpha value is -2.45. The van der Waals surface area contributed by atoms with E-state index >= 15 is 0 Å². The maximum Gasteiger partial charge on any atom is 0.292 e. The highest BCUT2D eigenvalue weighted by Gasteiger charge is 2.30. The molecule has 8 heteroatoms. The largest absolute Gasteiger partial charge is 0.363 e. The van der Waals surface area contributed by atoms with Crippen LogP contribution >= 0.6 is 0 Å². The van der Waals surface area contributed by atoms with E-state index in [4.69, 9.17) is 0 Å². The molecule has 1 heterocycles. The zero-order valence-corrected chi connectivity index (χ0v) is 16.2. The second kappa shape index (κ2) is 7.66. The van der Waals surface area contributed by atoms with Gasteiger partial charge in [-0.1, -0.05) is 38.1 Å². The lowest BCUT2D eigenvalue weighted by Crippen LogP contribution is -2.48. The van der Waals surface area contributed by atoms with Gasteiger partial charge in [0.1, 0.15) is 5.69 Å². The number of hydrogen-bond acceptors (Lipinski definition) is 5. The average Bonchev–Trinajstić information content (AvgIpc) is 2.68. The van der Waals surface area contributed by atoms with E-state index in [0.29, 0.717) is 37.8 Å². The fourth-order valence-corrected chi connectivity index (χ4v) is 4.65. The van der Waals surface area contributed by atoms with E-state index in [0.717, 1.165) is 5.56 Å². The number of rotatable bonds is 5. The molecule has 1 saturated heterocycles. The van der Waals surface area contributed by atoms with Crippen molar-refractivity contribution in [3.05, 3.63) is 64.2 Å². The summed E-state index contributed by atoms with van der Waals surface area (Å²) in [5.41, 5.74) is 1.66. The molecule has 7 nitrogen and oxygen atoms in total. The van der Waals surface area contributed by atoms with Crippen molar-refractivity contribution in [2.45, 2.75) is 24.7 Å². The lowest BCUT2D eigenvalue weighted by Gasteiger charge is -2.35. The van der Waals surface area contributed by atoms with Crippen molar-refractivity contribution in [2.75, 3.05) is 31.1 Å². The highest BCUT2D eigenvalue weighted by molar-refractivity contribution is 7.89. The number of piperazine rings is 1. The normalized spacial score (nSPS) is 15.9. The van der Waals surface area contributed by atoms with Crippen LogP contribution in [0.5, 0.6) is 0 Å². The molecule has 0 bridgehead atoms. The van der Waals surface area contributed by atoms with Crippen LogP contribution in [-0.4, -0.2) is 43.8 Å². The Morgan fingerprint density at radius 2 is 1.56 bits per heavy atom. The highest BCUT2D eigenvalue weighted by atomic mass is 32.2. The number of nitro benzene ring substituents is 1. The molecule has 0 radical (unpaired) electrons. The van der Waals surface area contributed by atoms with Gasteiger partial charge >= 0.3 is 0 Å². The van der Waals surface area contributed by atoms with Gasteiger partial charge in [-0.2, -0.15) is 4.31 Å². The van der Waals surface area contributed by atoms with Crippen molar-refractivity contribution in [3.8, 4) is 0 Å². The molecular formula is C19H23N3O4S. The molecular weight excluding hydrogens is 366 g/mol. The zero-order valence-electron chi connectivity index (χ0n) is 15.4. The van der Waals surface area contributed by atoms with Crippen LogP contribution in [0.2, 0.25) is 0 Å². The van der Waals surface area contributed by atoms with Crippen LogP contribution in [0, 0.1) is 10.1 Å². The number of benzene rings is 2. The third-order valence-corrected chi connectivity index (χ3v) is 6.76. The number of hydrogen-bond donors (Lipinski definition) is 0. The van der Waals surface area contributed by atoms with E-state index < -0.39 is 14.9 Å². The van der Waals surface area contributed by atoms with E-state index in [9.17, 15) is 18.5 Å². The lowest BCUT2D eigenvalue weighted by atomic mass is 10.0. The molecule has 0 spiro atoms. The van der Waals surface area contributed by atoms with E-state index in [-0.39, 0.29) is 10.6 Å². The molecule has 0 atom stereocenters. The molecule has 0 saturated carbocycles. The van der Waals surface area contributed by atoms with Crippen LogP contribution < -0.4 is 4.90 Å². The average molecular weight is 389 g/mol. The maximum atomic E-state index is 12.9. The van der Waals surface area contributed by atoms with Crippen LogP contribution in [0.1, 0.15) is 25.3 Å². The number of nitro groups is 1. The van der Waals surface area contributed by atoms with Gasteiger partial charge < -0.3 is 4.90 Å². The standard InChI is InChI=1S/C19H23N3O4S/c1-15(2)16-7-9-17(10-8-16)27(25,26)21-13-11-20(12-14-21)18-5-3-4-6-19(18)22(23)24/h3-10,15H,11-14H2,1-2H3. The van der Waals surface area contributed by atoms with Crippen LogP contribution in [0.3, 0.4) is 0 Å². The Labute approximate surface area is 159 Å². The molecule has 0 N–H and O–H groups in total. The van der Waals surface area contributed by atoms with Crippen LogP contribution in [0.25, 0.3) is 0 Å². The second-order valence-electron chi connectivity index (χ2n) is 6.86. The minimum atomic E-state index is -3.56. The van der Waals surface area contributed by atoms with Crippen molar-refractivity contribution >= 4 is 21.4 Å². The molecule has 0 amide bonds. The van der Waals surface area contributed by atoms with Crippen LogP contribution in [0.4, 0.5) is 11.4 Å². The van der Waals surface area contributed by atoms with E-state index in [1.54, 1.807) is 30.3 Å². The molecule has 1 fully saturated rings. The molecule has 0 aliphatic carbocycles. The smallest absolute Gasteiger partial charge is 0.292 e. The van der Waals surface area contributed by atoms with Gasteiger partial charge in [0.05, 0.1) is 9.82 Å². The van der Waals surface area contributed by atoms with Crippen molar-refractivity contribution < 1.29 is 13.3 Å². The van der Waals surface area contributed by atoms with Crippen LogP contribution in [0.15, 0.2) is 53.4 Å². The number of sulfonamides is 1. The summed E-state index contributed by atoms with van der Waals surface area (Å²) >= 11 is 0. The molecule has 1 aliphatic rings. The Morgan fingerprint density at radius 1 is 0.963 bits per heavy atom. The zero-order chi connectivity index (χ0) is 19.6. The molecule has 144 valence electrons. The molecule has 27 heavy (non-hydrogen) atoms. The SMILES string of the molecule is CC(C)c1ccc(S(=O)(=O)N2CCN(c3ccccc3[N+](=O)[O-])CC2)cc1. The van der Waals surface area contributed by atoms with Gasteiger partial charge in [0, 0.05) is 32.2 Å². The van der Waals surface area contributed by atoms with Crippen LogP contribution in [-0.2, 0) is 10.0 Å². The van der Waals surface area contributed by atoms with Crippen molar-refractivity contribution in [2.24, 2.45) is 0 Å². The van der Waals surface area contributed by atoms with Gasteiger partial charge in [-0.15, -0.1) is 0 Å². The first kappa shape index (κ1) is 19.3. The van der Waals surface area contributed by atoms with E-state index in [2.05, 4.69) is 13.8 Å². The number of para-hydroxylation sites is 2. The number of nitrogens with zero attached hydrogens (tertiary/aromatic N) is 3. The Balaban J connectivity index is 1.74. The minimum Gasteiger partial charge on any atom is -0.363 e. The number of anilines is 1. The first-order chi connectivity index (χ1) is 12.8. The minimum absolute atomic E-state index is 0.0399. The second-order valence-corrected chi connectivity index (χ2v) is 8.80. The molecule has 0 aromatic heterocycles. The summed E-state index contributed by atoms with van der Waals surface area (Å²) in [4.78, 5) is 13.0. The third kappa shape index (κ3) is 3.96. The van der Waals surface area contributed by atoms with Crippen molar-refractivity contribution in [1.29, 1.82) is 0 Å². The van der Waals surface area contributed by atoms with E-state index in [1.165, 1.54) is 10.4 Å². The van der Waals surface area contributed by atoms with Gasteiger partial charge in [0.25, 0.3) is 5.69 Å². The summed E-state index contributed by atoms with van der Waals surface area (Å²) in [5, 5.41) is 11.2. The van der Waals surface area contributed by atoms with Crippen molar-refractivity contribution in [3.63, 3.8) is 0 Å². The first-order valence-electron chi connectivity index (χ1n) is 8.89. The summed E-state index contributed by atoms with van der Waals surface area (Å²) in [5.74, 6) is 0.340. The maximum absolute atomic E-state index is 12.9. The predicted molar refractivity (Wildman–Crippen MR) is 105 cm³/mol. The monoisotopic (exact) mass is 389 g/mol.